The van der Waals surface area contributed by atoms with Crippen LogP contribution < -0.4 is 10.2 Å². The van der Waals surface area contributed by atoms with E-state index in [1.54, 1.807) is 6.07 Å². The number of halogens is 4. The van der Waals surface area contributed by atoms with E-state index < -0.39 is 29.2 Å². The van der Waals surface area contributed by atoms with Crippen LogP contribution in [0.5, 0.6) is 0 Å². The van der Waals surface area contributed by atoms with Gasteiger partial charge in [0.2, 0.25) is 5.91 Å². The van der Waals surface area contributed by atoms with Gasteiger partial charge in [0.15, 0.2) is 0 Å². The predicted molar refractivity (Wildman–Crippen MR) is 110 cm³/mol. The Morgan fingerprint density at radius 3 is 2.48 bits per heavy atom. The standard InChI is InChI=1S/C20H21ClF3N5O2/c1-19(2,3)15-10-28(13-4-5-14(26-9-13)20(22,23)24)18(31)29(15)11-17(30)27-16-8-12(21)6-7-25-16/h4-9,15H,10-11H2,1-3H3,(H,25,27,30)/t15-/m1/s1. The third kappa shape index (κ3) is 5.25. The average Bonchev–Trinajstić information content (AvgIpc) is 2.98. The monoisotopic (exact) mass is 455 g/mol. The van der Waals surface area contributed by atoms with Gasteiger partial charge in [-0.15, -0.1) is 0 Å². The van der Waals surface area contributed by atoms with E-state index in [0.717, 1.165) is 12.3 Å². The molecule has 0 aromatic carbocycles. The molecule has 1 N–H and O–H groups in total. The molecule has 0 bridgehead atoms. The minimum Gasteiger partial charge on any atom is -0.310 e. The van der Waals surface area contributed by atoms with Gasteiger partial charge in [-0.3, -0.25) is 9.69 Å². The predicted octanol–water partition coefficient (Wildman–Crippen LogP) is 4.44. The Labute approximate surface area is 182 Å². The number of hydrogen-bond acceptors (Lipinski definition) is 4. The highest BCUT2D eigenvalue weighted by atomic mass is 35.5. The maximum atomic E-state index is 13.1. The lowest BCUT2D eigenvalue weighted by Gasteiger charge is -2.33. The molecule has 31 heavy (non-hydrogen) atoms. The first-order chi connectivity index (χ1) is 14.4. The fourth-order valence-electron chi connectivity index (χ4n) is 3.30. The zero-order valence-electron chi connectivity index (χ0n) is 17.1. The molecule has 1 fully saturated rings. The molecule has 1 aliphatic heterocycles. The molecule has 2 aromatic rings. The molecule has 2 aromatic heterocycles. The summed E-state index contributed by atoms with van der Waals surface area (Å²) in [5, 5.41) is 3.00. The van der Waals surface area contributed by atoms with Crippen LogP contribution in [0.4, 0.5) is 29.5 Å². The Bertz CT molecular complexity index is 976. The van der Waals surface area contributed by atoms with E-state index >= 15 is 0 Å². The Hall–Kier alpha value is -2.88. The topological polar surface area (TPSA) is 78.4 Å². The van der Waals surface area contributed by atoms with Gasteiger partial charge in [-0.2, -0.15) is 13.2 Å². The van der Waals surface area contributed by atoms with Gasteiger partial charge in [0.05, 0.1) is 17.9 Å². The van der Waals surface area contributed by atoms with Gasteiger partial charge in [-0.05, 0) is 29.7 Å². The van der Waals surface area contributed by atoms with Gasteiger partial charge in [0, 0.05) is 17.8 Å². The third-order valence-electron chi connectivity index (χ3n) is 4.86. The second kappa shape index (κ2) is 8.33. The van der Waals surface area contributed by atoms with Gasteiger partial charge in [-0.25, -0.2) is 14.8 Å². The largest absolute Gasteiger partial charge is 0.433 e. The molecule has 0 aliphatic carbocycles. The van der Waals surface area contributed by atoms with E-state index in [0.29, 0.717) is 5.02 Å². The molecule has 166 valence electrons. The summed E-state index contributed by atoms with van der Waals surface area (Å²) in [6, 6.07) is 4.22. The van der Waals surface area contributed by atoms with Gasteiger partial charge in [0.25, 0.3) is 0 Å². The summed E-state index contributed by atoms with van der Waals surface area (Å²) in [5.74, 6) is -0.218. The van der Waals surface area contributed by atoms with E-state index in [4.69, 9.17) is 11.6 Å². The third-order valence-corrected chi connectivity index (χ3v) is 5.10. The summed E-state index contributed by atoms with van der Waals surface area (Å²) in [7, 11) is 0. The average molecular weight is 456 g/mol. The quantitative estimate of drug-likeness (QED) is 0.739. The van der Waals surface area contributed by atoms with Crippen molar-refractivity contribution in [1.82, 2.24) is 14.9 Å². The zero-order valence-corrected chi connectivity index (χ0v) is 17.8. The Morgan fingerprint density at radius 1 is 1.23 bits per heavy atom. The van der Waals surface area contributed by atoms with Gasteiger partial charge < -0.3 is 10.2 Å². The van der Waals surface area contributed by atoms with Crippen LogP contribution in [-0.4, -0.2) is 45.9 Å². The number of pyridine rings is 2. The minimum absolute atomic E-state index is 0.206. The number of alkyl halides is 3. The van der Waals surface area contributed by atoms with Crippen molar-refractivity contribution in [3.8, 4) is 0 Å². The van der Waals surface area contributed by atoms with Crippen LogP contribution in [0, 0.1) is 5.41 Å². The molecule has 1 aliphatic rings. The molecule has 0 saturated carbocycles. The first-order valence-electron chi connectivity index (χ1n) is 9.39. The number of hydrogen-bond donors (Lipinski definition) is 1. The number of rotatable bonds is 4. The van der Waals surface area contributed by atoms with Crippen LogP contribution in [0.2, 0.25) is 5.02 Å². The Balaban J connectivity index is 1.80. The summed E-state index contributed by atoms with van der Waals surface area (Å²) >= 11 is 5.89. The highest BCUT2D eigenvalue weighted by Gasteiger charge is 2.44. The van der Waals surface area contributed by atoms with Crippen LogP contribution in [0.1, 0.15) is 26.5 Å². The molecular formula is C20H21ClF3N5O2. The molecule has 1 atom stereocenters. The normalized spacial score (nSPS) is 17.3. The first-order valence-corrected chi connectivity index (χ1v) is 9.77. The van der Waals surface area contributed by atoms with Crippen LogP contribution in [0.15, 0.2) is 36.7 Å². The molecule has 3 rings (SSSR count). The van der Waals surface area contributed by atoms with Crippen LogP contribution in [-0.2, 0) is 11.0 Å². The molecule has 0 radical (unpaired) electrons. The molecule has 0 unspecified atom stereocenters. The number of nitrogens with one attached hydrogen (secondary N) is 1. The Kier molecular flexibility index (Phi) is 6.13. The smallest absolute Gasteiger partial charge is 0.310 e. The maximum absolute atomic E-state index is 13.1. The number of amides is 3. The van der Waals surface area contributed by atoms with Gasteiger partial charge >= 0.3 is 12.2 Å². The van der Waals surface area contributed by atoms with Crippen LogP contribution in [0.3, 0.4) is 0 Å². The lowest BCUT2D eigenvalue weighted by molar-refractivity contribution is -0.141. The summed E-state index contributed by atoms with van der Waals surface area (Å²) in [6.07, 6.45) is -2.11. The summed E-state index contributed by atoms with van der Waals surface area (Å²) < 4.78 is 38.4. The van der Waals surface area contributed by atoms with E-state index in [2.05, 4.69) is 15.3 Å². The summed E-state index contributed by atoms with van der Waals surface area (Å²) in [5.41, 5.74) is -1.20. The van der Waals surface area contributed by atoms with E-state index in [9.17, 15) is 22.8 Å². The second-order valence-electron chi connectivity index (χ2n) is 8.21. The van der Waals surface area contributed by atoms with E-state index in [-0.39, 0.29) is 30.6 Å². The molecule has 3 amide bonds. The lowest BCUT2D eigenvalue weighted by atomic mass is 9.86. The van der Waals surface area contributed by atoms with Crippen molar-refractivity contribution in [3.05, 3.63) is 47.4 Å². The first kappa shape index (κ1) is 22.8. The number of carbonyl (C=O) groups excluding carboxylic acids is 2. The molecule has 11 heteroatoms. The van der Waals surface area contributed by atoms with Crippen molar-refractivity contribution < 1.29 is 22.8 Å². The van der Waals surface area contributed by atoms with Crippen LogP contribution >= 0.6 is 11.6 Å². The SMILES string of the molecule is CC(C)(C)[C@H]1CN(c2ccc(C(F)(F)F)nc2)C(=O)N1CC(=O)Nc1cc(Cl)ccn1. The highest BCUT2D eigenvalue weighted by Crippen LogP contribution is 2.34. The highest BCUT2D eigenvalue weighted by molar-refractivity contribution is 6.30. The number of aromatic nitrogens is 2. The van der Waals surface area contributed by atoms with Crippen molar-refractivity contribution in [3.63, 3.8) is 0 Å². The van der Waals surface area contributed by atoms with Crippen molar-refractivity contribution in [2.45, 2.75) is 33.0 Å². The number of urea groups is 1. The van der Waals surface area contributed by atoms with Gasteiger partial charge in [-0.1, -0.05) is 32.4 Å². The fourth-order valence-corrected chi connectivity index (χ4v) is 3.46. The Morgan fingerprint density at radius 2 is 1.94 bits per heavy atom. The van der Waals surface area contributed by atoms with Crippen molar-refractivity contribution >= 4 is 35.0 Å². The maximum Gasteiger partial charge on any atom is 0.433 e. The zero-order chi connectivity index (χ0) is 23.0. The summed E-state index contributed by atoms with van der Waals surface area (Å²) in [4.78, 5) is 35.8. The van der Waals surface area contributed by atoms with E-state index in [1.165, 1.54) is 28.1 Å². The van der Waals surface area contributed by atoms with Crippen molar-refractivity contribution in [2.24, 2.45) is 5.41 Å². The number of carbonyl (C=O) groups is 2. The number of nitrogens with zero attached hydrogens (tertiary/aromatic N) is 4. The minimum atomic E-state index is -4.57. The van der Waals surface area contributed by atoms with Crippen LogP contribution in [0.25, 0.3) is 0 Å². The molecule has 1 saturated heterocycles. The summed E-state index contributed by atoms with van der Waals surface area (Å²) in [6.45, 7) is 5.71. The number of anilines is 2. The lowest BCUT2D eigenvalue weighted by Crippen LogP contribution is -2.46. The van der Waals surface area contributed by atoms with Crippen molar-refractivity contribution in [1.29, 1.82) is 0 Å². The van der Waals surface area contributed by atoms with E-state index in [1.807, 2.05) is 20.8 Å². The van der Waals surface area contributed by atoms with Gasteiger partial charge in [0.1, 0.15) is 18.1 Å². The molecule has 0 spiro atoms. The van der Waals surface area contributed by atoms with Crippen molar-refractivity contribution in [2.75, 3.05) is 23.3 Å². The second-order valence-corrected chi connectivity index (χ2v) is 8.65. The molecular weight excluding hydrogens is 435 g/mol. The molecule has 7 nitrogen and oxygen atoms in total. The fraction of sp³-hybridized carbons (Fsp3) is 0.400. The molecule has 3 heterocycles.